The summed E-state index contributed by atoms with van der Waals surface area (Å²) in [6.45, 7) is 4.16. The molecule has 0 bridgehead atoms. The number of benzene rings is 2. The molecule has 0 spiro atoms. The number of hydrogen-bond donors (Lipinski definition) is 0. The summed E-state index contributed by atoms with van der Waals surface area (Å²) in [7, 11) is -3.31. The lowest BCUT2D eigenvalue weighted by molar-refractivity contribution is -0.118. The second-order valence-electron chi connectivity index (χ2n) is 7.04. The van der Waals surface area contributed by atoms with Crippen LogP contribution >= 0.6 is 0 Å². The van der Waals surface area contributed by atoms with Gasteiger partial charge in [-0.25, -0.2) is 12.8 Å². The molecule has 0 saturated carbocycles. The molecule has 0 N–H and O–H groups in total. The van der Waals surface area contributed by atoms with Gasteiger partial charge in [-0.2, -0.15) is 0 Å². The van der Waals surface area contributed by atoms with Gasteiger partial charge in [-0.1, -0.05) is 38.1 Å². The average Bonchev–Trinajstić information content (AvgIpc) is 2.97. The zero-order chi connectivity index (χ0) is 19.6. The molecule has 1 aliphatic rings. The highest BCUT2D eigenvalue weighted by atomic mass is 32.2. The molecule has 142 valence electrons. The third-order valence-corrected chi connectivity index (χ3v) is 6.00. The molecular formula is C21H22FNO3S. The molecule has 6 heteroatoms. The number of anilines is 1. The number of sulfone groups is 1. The summed E-state index contributed by atoms with van der Waals surface area (Å²) in [5, 5.41) is 1.17. The molecule has 1 atom stereocenters. The van der Waals surface area contributed by atoms with Crippen molar-refractivity contribution in [3.05, 3.63) is 77.0 Å². The maximum Gasteiger partial charge on any atom is 0.231 e. The molecule has 0 aromatic heterocycles. The van der Waals surface area contributed by atoms with E-state index < -0.39 is 15.9 Å². The molecule has 4 nitrogen and oxygen atoms in total. The summed E-state index contributed by atoms with van der Waals surface area (Å²) in [5.41, 5.74) is 2.47. The van der Waals surface area contributed by atoms with Crippen LogP contribution in [0.5, 0.6) is 0 Å². The van der Waals surface area contributed by atoms with E-state index in [4.69, 9.17) is 0 Å². The predicted molar refractivity (Wildman–Crippen MR) is 105 cm³/mol. The van der Waals surface area contributed by atoms with Crippen LogP contribution in [0.4, 0.5) is 10.1 Å². The maximum absolute atomic E-state index is 13.1. The van der Waals surface area contributed by atoms with Crippen molar-refractivity contribution in [3.8, 4) is 0 Å². The fourth-order valence-corrected chi connectivity index (χ4v) is 4.39. The number of amides is 1. The quantitative estimate of drug-likeness (QED) is 0.783. The van der Waals surface area contributed by atoms with E-state index in [9.17, 15) is 17.6 Å². The Morgan fingerprint density at radius 3 is 2.26 bits per heavy atom. The van der Waals surface area contributed by atoms with Crippen molar-refractivity contribution in [2.75, 3.05) is 10.7 Å². The van der Waals surface area contributed by atoms with Crippen molar-refractivity contribution >= 4 is 21.4 Å². The fraction of sp³-hybridized carbons (Fsp3) is 0.286. The number of carbonyl (C=O) groups is 1. The highest BCUT2D eigenvalue weighted by Gasteiger charge is 2.31. The smallest absolute Gasteiger partial charge is 0.231 e. The predicted octanol–water partition coefficient (Wildman–Crippen LogP) is 3.84. The first-order valence-electron chi connectivity index (χ1n) is 8.82. The molecule has 2 aromatic carbocycles. The van der Waals surface area contributed by atoms with Gasteiger partial charge in [0, 0.05) is 11.1 Å². The second-order valence-corrected chi connectivity index (χ2v) is 8.97. The number of rotatable bonds is 5. The summed E-state index contributed by atoms with van der Waals surface area (Å²) < 4.78 is 36.9. The van der Waals surface area contributed by atoms with E-state index in [0.29, 0.717) is 17.2 Å². The van der Waals surface area contributed by atoms with Gasteiger partial charge in [0.15, 0.2) is 9.84 Å². The molecule has 0 unspecified atom stereocenters. The first-order valence-corrected chi connectivity index (χ1v) is 10.5. The molecule has 0 radical (unpaired) electrons. The van der Waals surface area contributed by atoms with Gasteiger partial charge in [-0.3, -0.25) is 4.79 Å². The Balaban J connectivity index is 1.90. The molecule has 0 saturated heterocycles. The largest absolute Gasteiger partial charge is 0.304 e. The minimum atomic E-state index is -3.31. The van der Waals surface area contributed by atoms with Crippen molar-refractivity contribution in [1.29, 1.82) is 0 Å². The summed E-state index contributed by atoms with van der Waals surface area (Å²) in [6.07, 6.45) is 1.62. The van der Waals surface area contributed by atoms with Crippen molar-refractivity contribution < 1.29 is 17.6 Å². The Hall–Kier alpha value is -2.47. The normalized spacial score (nSPS) is 18.0. The maximum atomic E-state index is 13.1. The summed E-state index contributed by atoms with van der Waals surface area (Å²) in [6, 6.07) is 12.8. The second kappa shape index (κ2) is 7.64. The van der Waals surface area contributed by atoms with Gasteiger partial charge in [0.2, 0.25) is 5.91 Å². The minimum absolute atomic E-state index is 0.0661. The lowest BCUT2D eigenvalue weighted by atomic mass is 10.0. The Morgan fingerprint density at radius 2 is 1.74 bits per heavy atom. The van der Waals surface area contributed by atoms with Crippen LogP contribution in [0.3, 0.4) is 0 Å². The molecule has 0 fully saturated rings. The Morgan fingerprint density at radius 1 is 1.11 bits per heavy atom. The van der Waals surface area contributed by atoms with Gasteiger partial charge in [0.25, 0.3) is 0 Å². The van der Waals surface area contributed by atoms with E-state index in [1.54, 1.807) is 18.2 Å². The molecule has 27 heavy (non-hydrogen) atoms. The van der Waals surface area contributed by atoms with Crippen LogP contribution in [0.25, 0.3) is 0 Å². The topological polar surface area (TPSA) is 54.5 Å². The van der Waals surface area contributed by atoms with Crippen molar-refractivity contribution in [2.45, 2.75) is 32.2 Å². The first-order chi connectivity index (χ1) is 12.7. The molecule has 2 aromatic rings. The van der Waals surface area contributed by atoms with Gasteiger partial charge in [0.05, 0.1) is 18.2 Å². The molecule has 3 rings (SSSR count). The standard InChI is InChI=1S/C21H22FNO3S/c1-15(2)17-5-9-19(10-6-17)23(20-11-12-27(25,26)14-20)21(24)13-16-3-7-18(22)8-4-16/h3-12,15,20H,13-14H2,1-2H3/t20-/m1/s1. The number of carbonyl (C=O) groups excluding carboxylic acids is 1. The molecule has 0 aliphatic carbocycles. The monoisotopic (exact) mass is 387 g/mol. The van der Waals surface area contributed by atoms with Crippen molar-refractivity contribution in [2.24, 2.45) is 0 Å². The Kier molecular flexibility index (Phi) is 5.46. The molecular weight excluding hydrogens is 365 g/mol. The van der Waals surface area contributed by atoms with E-state index >= 15 is 0 Å². The summed E-state index contributed by atoms with van der Waals surface area (Å²) >= 11 is 0. The van der Waals surface area contributed by atoms with Crippen LogP contribution in [-0.4, -0.2) is 26.1 Å². The van der Waals surface area contributed by atoms with Crippen LogP contribution in [0.2, 0.25) is 0 Å². The minimum Gasteiger partial charge on any atom is -0.304 e. The van der Waals surface area contributed by atoms with E-state index in [1.807, 2.05) is 24.3 Å². The van der Waals surface area contributed by atoms with E-state index in [1.165, 1.54) is 22.4 Å². The zero-order valence-electron chi connectivity index (χ0n) is 15.3. The first kappa shape index (κ1) is 19.3. The van der Waals surface area contributed by atoms with Gasteiger partial charge in [0.1, 0.15) is 5.82 Å². The number of halogens is 1. The van der Waals surface area contributed by atoms with Gasteiger partial charge < -0.3 is 4.90 Å². The summed E-state index contributed by atoms with van der Waals surface area (Å²) in [5.74, 6) is -0.370. The van der Waals surface area contributed by atoms with Gasteiger partial charge in [-0.15, -0.1) is 0 Å². The lowest BCUT2D eigenvalue weighted by Crippen LogP contribution is -2.42. The number of nitrogens with zero attached hydrogens (tertiary/aromatic N) is 1. The molecule has 1 aliphatic heterocycles. The van der Waals surface area contributed by atoms with Crippen LogP contribution in [-0.2, 0) is 21.1 Å². The lowest BCUT2D eigenvalue weighted by Gasteiger charge is -2.28. The van der Waals surface area contributed by atoms with E-state index in [-0.39, 0.29) is 23.9 Å². The number of hydrogen-bond acceptors (Lipinski definition) is 3. The van der Waals surface area contributed by atoms with Crippen LogP contribution < -0.4 is 4.90 Å². The van der Waals surface area contributed by atoms with Gasteiger partial charge >= 0.3 is 0 Å². The van der Waals surface area contributed by atoms with Crippen LogP contribution in [0, 0.1) is 5.82 Å². The zero-order valence-corrected chi connectivity index (χ0v) is 16.1. The highest BCUT2D eigenvalue weighted by molar-refractivity contribution is 7.94. The SMILES string of the molecule is CC(C)c1ccc(N(C(=O)Cc2ccc(F)cc2)[C@@H]2C=CS(=O)(=O)C2)cc1. The Labute approximate surface area is 159 Å². The fourth-order valence-electron chi connectivity index (χ4n) is 3.12. The molecule has 1 amide bonds. The van der Waals surface area contributed by atoms with Crippen LogP contribution in [0.1, 0.15) is 30.9 Å². The highest BCUT2D eigenvalue weighted by Crippen LogP contribution is 2.26. The van der Waals surface area contributed by atoms with Gasteiger partial charge in [-0.05, 0) is 47.4 Å². The van der Waals surface area contributed by atoms with E-state index in [0.717, 1.165) is 5.56 Å². The third-order valence-electron chi connectivity index (χ3n) is 4.62. The van der Waals surface area contributed by atoms with Crippen molar-refractivity contribution in [3.63, 3.8) is 0 Å². The molecule has 1 heterocycles. The average molecular weight is 387 g/mol. The van der Waals surface area contributed by atoms with Crippen LogP contribution in [0.15, 0.2) is 60.0 Å². The summed E-state index contributed by atoms with van der Waals surface area (Å²) in [4.78, 5) is 14.5. The van der Waals surface area contributed by atoms with Crippen molar-refractivity contribution in [1.82, 2.24) is 0 Å². The Bertz CT molecular complexity index is 948. The van der Waals surface area contributed by atoms with E-state index in [2.05, 4.69) is 13.8 Å². The third kappa shape index (κ3) is 4.63.